The summed E-state index contributed by atoms with van der Waals surface area (Å²) in [5.41, 5.74) is 0.176. The van der Waals surface area contributed by atoms with Crippen LogP contribution in [0.5, 0.6) is 0 Å². The van der Waals surface area contributed by atoms with Crippen LogP contribution in [0.1, 0.15) is 19.4 Å². The molecule has 150 valence electrons. The molecule has 0 heterocycles. The van der Waals surface area contributed by atoms with E-state index in [2.05, 4.69) is 5.32 Å². The highest BCUT2D eigenvalue weighted by molar-refractivity contribution is 7.89. The highest BCUT2D eigenvalue weighted by Crippen LogP contribution is 2.24. The molecule has 8 heteroatoms. The molecular formula is C20H24N2O5S. The van der Waals surface area contributed by atoms with Crippen LogP contribution in [0, 0.1) is 0 Å². The average molecular weight is 404 g/mol. The number of carbonyl (C=O) groups is 2. The first-order valence-electron chi connectivity index (χ1n) is 8.60. The molecule has 0 atom stereocenters. The van der Waals surface area contributed by atoms with Gasteiger partial charge in [0.05, 0.1) is 10.3 Å². The molecule has 0 radical (unpaired) electrons. The number of hydrogen-bond acceptors (Lipinski definition) is 5. The van der Waals surface area contributed by atoms with Crippen molar-refractivity contribution in [2.45, 2.75) is 24.2 Å². The summed E-state index contributed by atoms with van der Waals surface area (Å²) >= 11 is 0. The van der Waals surface area contributed by atoms with Crippen molar-refractivity contribution >= 4 is 27.6 Å². The Morgan fingerprint density at radius 1 is 1.04 bits per heavy atom. The number of carbonyl (C=O) groups excluding carboxylic acids is 2. The number of esters is 1. The summed E-state index contributed by atoms with van der Waals surface area (Å²) in [4.78, 5) is 24.6. The van der Waals surface area contributed by atoms with Crippen LogP contribution in [-0.2, 0) is 29.8 Å². The SMILES string of the molecule is CN(C)S(=O)(=O)c1cccc(NC(=O)COC(=O)C(C)(C)c2ccccc2)c1. The van der Waals surface area contributed by atoms with E-state index in [1.165, 1.54) is 32.3 Å². The fourth-order valence-electron chi connectivity index (χ4n) is 2.43. The summed E-state index contributed by atoms with van der Waals surface area (Å²) < 4.78 is 30.6. The quantitative estimate of drug-likeness (QED) is 0.716. The fourth-order valence-corrected chi connectivity index (χ4v) is 3.37. The maximum absolute atomic E-state index is 12.4. The van der Waals surface area contributed by atoms with Gasteiger partial charge in [0.15, 0.2) is 6.61 Å². The Hall–Kier alpha value is -2.71. The van der Waals surface area contributed by atoms with Crippen LogP contribution in [0.2, 0.25) is 0 Å². The van der Waals surface area contributed by atoms with Gasteiger partial charge in [-0.1, -0.05) is 36.4 Å². The third-order valence-corrected chi connectivity index (χ3v) is 6.05. The minimum Gasteiger partial charge on any atom is -0.455 e. The Labute approximate surface area is 165 Å². The molecular weight excluding hydrogens is 380 g/mol. The molecule has 0 unspecified atom stereocenters. The summed E-state index contributed by atoms with van der Waals surface area (Å²) in [5, 5.41) is 2.54. The van der Waals surface area contributed by atoms with Crippen LogP contribution >= 0.6 is 0 Å². The van der Waals surface area contributed by atoms with E-state index >= 15 is 0 Å². The van der Waals surface area contributed by atoms with Crippen molar-refractivity contribution in [3.63, 3.8) is 0 Å². The lowest BCUT2D eigenvalue weighted by Crippen LogP contribution is -2.33. The molecule has 0 saturated heterocycles. The molecule has 28 heavy (non-hydrogen) atoms. The maximum atomic E-state index is 12.4. The first-order valence-corrected chi connectivity index (χ1v) is 10.0. The van der Waals surface area contributed by atoms with Gasteiger partial charge in [-0.05, 0) is 37.6 Å². The van der Waals surface area contributed by atoms with Crippen LogP contribution in [0.4, 0.5) is 5.69 Å². The number of anilines is 1. The lowest BCUT2D eigenvalue weighted by molar-refractivity contribution is -0.152. The molecule has 1 N–H and O–H groups in total. The Balaban J connectivity index is 2.01. The average Bonchev–Trinajstić information content (AvgIpc) is 2.66. The molecule has 7 nitrogen and oxygen atoms in total. The van der Waals surface area contributed by atoms with E-state index in [0.29, 0.717) is 5.69 Å². The van der Waals surface area contributed by atoms with Crippen LogP contribution < -0.4 is 5.32 Å². The van der Waals surface area contributed by atoms with Crippen LogP contribution in [0.15, 0.2) is 59.5 Å². The summed E-state index contributed by atoms with van der Waals surface area (Å²) in [6.45, 7) is 2.97. The number of benzene rings is 2. The van der Waals surface area contributed by atoms with Gasteiger partial charge in [0.1, 0.15) is 0 Å². The van der Waals surface area contributed by atoms with Gasteiger partial charge in [-0.2, -0.15) is 0 Å². The summed E-state index contributed by atoms with van der Waals surface area (Å²) in [6.07, 6.45) is 0. The fraction of sp³-hybridized carbons (Fsp3) is 0.300. The summed E-state index contributed by atoms with van der Waals surface area (Å²) in [6, 6.07) is 15.0. The number of sulfonamides is 1. The van der Waals surface area contributed by atoms with E-state index in [-0.39, 0.29) is 4.90 Å². The zero-order valence-electron chi connectivity index (χ0n) is 16.3. The predicted molar refractivity (Wildman–Crippen MR) is 106 cm³/mol. The van der Waals surface area contributed by atoms with Crippen molar-refractivity contribution in [2.75, 3.05) is 26.0 Å². The lowest BCUT2D eigenvalue weighted by Gasteiger charge is -2.22. The molecule has 0 aliphatic rings. The van der Waals surface area contributed by atoms with Crippen LogP contribution in [-0.4, -0.2) is 45.3 Å². The summed E-state index contributed by atoms with van der Waals surface area (Å²) in [5.74, 6) is -1.09. The molecule has 0 fully saturated rings. The van der Waals surface area contributed by atoms with Gasteiger partial charge in [0, 0.05) is 19.8 Å². The number of amides is 1. The first kappa shape index (κ1) is 21.6. The zero-order valence-corrected chi connectivity index (χ0v) is 17.1. The molecule has 2 rings (SSSR count). The number of nitrogens with zero attached hydrogens (tertiary/aromatic N) is 1. The second-order valence-electron chi connectivity index (χ2n) is 6.93. The number of hydrogen-bond donors (Lipinski definition) is 1. The molecule has 1 amide bonds. The smallest absolute Gasteiger partial charge is 0.316 e. The molecule has 0 aliphatic carbocycles. The largest absolute Gasteiger partial charge is 0.455 e. The van der Waals surface area contributed by atoms with Gasteiger partial charge in [-0.25, -0.2) is 12.7 Å². The second-order valence-corrected chi connectivity index (χ2v) is 9.08. The molecule has 2 aromatic carbocycles. The molecule has 0 bridgehead atoms. The predicted octanol–water partition coefficient (Wildman–Crippen LogP) is 2.40. The van der Waals surface area contributed by atoms with Gasteiger partial charge in [-0.15, -0.1) is 0 Å². The van der Waals surface area contributed by atoms with Crippen molar-refractivity contribution in [2.24, 2.45) is 0 Å². The van der Waals surface area contributed by atoms with Crippen molar-refractivity contribution in [3.8, 4) is 0 Å². The Morgan fingerprint density at radius 3 is 2.29 bits per heavy atom. The molecule has 0 spiro atoms. The third kappa shape index (κ3) is 4.96. The molecule has 0 saturated carbocycles. The van der Waals surface area contributed by atoms with Crippen LogP contribution in [0.25, 0.3) is 0 Å². The standard InChI is InChI=1S/C20H24N2O5S/c1-20(2,15-9-6-5-7-10-15)19(24)27-14-18(23)21-16-11-8-12-17(13-16)28(25,26)22(3)4/h5-13H,14H2,1-4H3,(H,21,23). The van der Waals surface area contributed by atoms with E-state index in [1.54, 1.807) is 19.9 Å². The van der Waals surface area contributed by atoms with Gasteiger partial charge >= 0.3 is 5.97 Å². The van der Waals surface area contributed by atoms with Crippen molar-refractivity contribution in [1.82, 2.24) is 4.31 Å². The van der Waals surface area contributed by atoms with Gasteiger partial charge in [0.25, 0.3) is 5.91 Å². The van der Waals surface area contributed by atoms with Crippen LogP contribution in [0.3, 0.4) is 0 Å². The van der Waals surface area contributed by atoms with Gasteiger partial charge in [-0.3, -0.25) is 9.59 Å². The second kappa shape index (κ2) is 8.53. The first-order chi connectivity index (χ1) is 13.0. The van der Waals surface area contributed by atoms with Gasteiger partial charge in [0.2, 0.25) is 10.0 Å². The topological polar surface area (TPSA) is 92.8 Å². The third-order valence-electron chi connectivity index (χ3n) is 4.24. The highest BCUT2D eigenvalue weighted by Gasteiger charge is 2.31. The lowest BCUT2D eigenvalue weighted by atomic mass is 9.85. The Morgan fingerprint density at radius 2 is 1.68 bits per heavy atom. The normalized spacial score (nSPS) is 11.9. The van der Waals surface area contributed by atoms with Gasteiger partial charge < -0.3 is 10.1 Å². The monoisotopic (exact) mass is 404 g/mol. The minimum atomic E-state index is -3.61. The van der Waals surface area contributed by atoms with Crippen molar-refractivity contribution in [1.29, 1.82) is 0 Å². The minimum absolute atomic E-state index is 0.0532. The highest BCUT2D eigenvalue weighted by atomic mass is 32.2. The maximum Gasteiger partial charge on any atom is 0.316 e. The number of rotatable bonds is 7. The van der Waals surface area contributed by atoms with E-state index in [1.807, 2.05) is 30.3 Å². The Bertz CT molecular complexity index is 954. The molecule has 0 aliphatic heterocycles. The molecule has 2 aromatic rings. The van der Waals surface area contributed by atoms with Crippen molar-refractivity contribution in [3.05, 3.63) is 60.2 Å². The van der Waals surface area contributed by atoms with E-state index in [4.69, 9.17) is 4.74 Å². The number of ether oxygens (including phenoxy) is 1. The molecule has 0 aromatic heterocycles. The summed E-state index contributed by atoms with van der Waals surface area (Å²) in [7, 11) is -0.764. The number of nitrogens with one attached hydrogen (secondary N) is 1. The van der Waals surface area contributed by atoms with E-state index in [0.717, 1.165) is 9.87 Å². The van der Waals surface area contributed by atoms with Crippen molar-refractivity contribution < 1.29 is 22.7 Å². The Kier molecular flexibility index (Phi) is 6.58. The van der Waals surface area contributed by atoms with E-state index in [9.17, 15) is 18.0 Å². The zero-order chi connectivity index (χ0) is 20.9. The van der Waals surface area contributed by atoms with E-state index < -0.39 is 33.9 Å².